The summed E-state index contributed by atoms with van der Waals surface area (Å²) in [6.07, 6.45) is 4.86. The number of carbonyl (C=O) groups is 2. The molecule has 2 aliphatic rings. The summed E-state index contributed by atoms with van der Waals surface area (Å²) in [7, 11) is 0. The molecule has 1 aliphatic carbocycles. The van der Waals surface area contributed by atoms with E-state index in [0.29, 0.717) is 29.7 Å². The molecule has 2 amide bonds. The van der Waals surface area contributed by atoms with Gasteiger partial charge >= 0.3 is 12.0 Å². The predicted octanol–water partition coefficient (Wildman–Crippen LogP) is 3.23. The van der Waals surface area contributed by atoms with E-state index in [2.05, 4.69) is 22.1 Å². The highest BCUT2D eigenvalue weighted by Crippen LogP contribution is 2.36. The lowest BCUT2D eigenvalue weighted by molar-refractivity contribution is -0.138. The normalized spacial score (nSPS) is 20.6. The molecule has 8 heteroatoms. The highest BCUT2D eigenvalue weighted by Gasteiger charge is 2.30. The van der Waals surface area contributed by atoms with Gasteiger partial charge in [-0.1, -0.05) is 24.6 Å². The topological polar surface area (TPSA) is 85.2 Å². The Morgan fingerprint density at radius 3 is 2.70 bits per heavy atom. The van der Waals surface area contributed by atoms with Crippen LogP contribution in [0, 0.1) is 13.8 Å². The van der Waals surface area contributed by atoms with Crippen LogP contribution in [0.2, 0.25) is 0 Å². The van der Waals surface area contributed by atoms with Crippen LogP contribution in [0.5, 0.6) is 0 Å². The maximum absolute atomic E-state index is 12.4. The van der Waals surface area contributed by atoms with E-state index in [-0.39, 0.29) is 18.0 Å². The molecular formula is C19H28N4O3S. The largest absolute Gasteiger partial charge is 0.463 e. The molecule has 3 rings (SSSR count). The SMILES string of the molecule is CCOC(=O)C1=C(CSc2nc(C)c(C)n2C2CCCC2)NC(=O)N[C@H]1C. The van der Waals surface area contributed by atoms with Gasteiger partial charge in [0.05, 0.1) is 23.9 Å². The lowest BCUT2D eigenvalue weighted by Gasteiger charge is -2.26. The van der Waals surface area contributed by atoms with Crippen LogP contribution in [0.25, 0.3) is 0 Å². The van der Waals surface area contributed by atoms with Gasteiger partial charge in [-0.25, -0.2) is 14.6 Å². The number of aryl methyl sites for hydroxylation is 1. The second-order valence-corrected chi connectivity index (χ2v) is 8.04. The number of carbonyl (C=O) groups excluding carboxylic acids is 2. The van der Waals surface area contributed by atoms with E-state index in [4.69, 9.17) is 9.72 Å². The van der Waals surface area contributed by atoms with Crippen LogP contribution in [0.3, 0.4) is 0 Å². The second kappa shape index (κ2) is 8.37. The average molecular weight is 393 g/mol. The average Bonchev–Trinajstić information content (AvgIpc) is 3.21. The molecule has 1 fully saturated rings. The van der Waals surface area contributed by atoms with E-state index >= 15 is 0 Å². The number of ether oxygens (including phenoxy) is 1. The molecule has 0 radical (unpaired) electrons. The fourth-order valence-electron chi connectivity index (χ4n) is 3.82. The van der Waals surface area contributed by atoms with Crippen molar-refractivity contribution < 1.29 is 14.3 Å². The maximum atomic E-state index is 12.4. The summed E-state index contributed by atoms with van der Waals surface area (Å²) in [6, 6.07) is -0.183. The smallest absolute Gasteiger partial charge is 0.337 e. The highest BCUT2D eigenvalue weighted by atomic mass is 32.2. The van der Waals surface area contributed by atoms with Crippen LogP contribution in [0.4, 0.5) is 4.79 Å². The van der Waals surface area contributed by atoms with Gasteiger partial charge < -0.3 is 19.9 Å². The summed E-state index contributed by atoms with van der Waals surface area (Å²) in [6.45, 7) is 8.01. The second-order valence-electron chi connectivity index (χ2n) is 7.10. The summed E-state index contributed by atoms with van der Waals surface area (Å²) >= 11 is 1.56. The monoisotopic (exact) mass is 392 g/mol. The molecule has 148 valence electrons. The van der Waals surface area contributed by atoms with Crippen molar-refractivity contribution in [1.82, 2.24) is 20.2 Å². The summed E-state index contributed by atoms with van der Waals surface area (Å²) in [5, 5.41) is 6.47. The van der Waals surface area contributed by atoms with Crippen molar-refractivity contribution in [2.45, 2.75) is 70.6 Å². The van der Waals surface area contributed by atoms with Gasteiger partial charge in [0.2, 0.25) is 0 Å². The Labute approximate surface area is 164 Å². The molecular weight excluding hydrogens is 364 g/mol. The molecule has 1 atom stereocenters. The zero-order valence-electron chi connectivity index (χ0n) is 16.4. The Morgan fingerprint density at radius 1 is 1.33 bits per heavy atom. The van der Waals surface area contributed by atoms with Gasteiger partial charge in [-0.2, -0.15) is 0 Å². The van der Waals surface area contributed by atoms with Crippen molar-refractivity contribution in [3.63, 3.8) is 0 Å². The molecule has 0 saturated heterocycles. The first-order valence-electron chi connectivity index (χ1n) is 9.58. The van der Waals surface area contributed by atoms with Gasteiger partial charge in [-0.15, -0.1) is 0 Å². The minimum absolute atomic E-state index is 0.294. The van der Waals surface area contributed by atoms with Gasteiger partial charge in [-0.05, 0) is 40.5 Å². The molecule has 0 unspecified atom stereocenters. The lowest BCUT2D eigenvalue weighted by atomic mass is 10.1. The van der Waals surface area contributed by atoms with E-state index in [1.165, 1.54) is 31.4 Å². The van der Waals surface area contributed by atoms with Crippen LogP contribution in [-0.4, -0.2) is 40.0 Å². The van der Waals surface area contributed by atoms with Gasteiger partial charge in [0.15, 0.2) is 5.16 Å². The molecule has 0 spiro atoms. The predicted molar refractivity (Wildman–Crippen MR) is 105 cm³/mol. The summed E-state index contributed by atoms with van der Waals surface area (Å²) in [4.78, 5) is 29.0. The molecule has 1 saturated carbocycles. The minimum Gasteiger partial charge on any atom is -0.463 e. The number of nitrogens with one attached hydrogen (secondary N) is 2. The van der Waals surface area contributed by atoms with Crippen molar-refractivity contribution >= 4 is 23.8 Å². The first kappa shape index (κ1) is 19.8. The molecule has 2 N–H and O–H groups in total. The van der Waals surface area contributed by atoms with Crippen LogP contribution >= 0.6 is 11.8 Å². The first-order valence-corrected chi connectivity index (χ1v) is 10.6. The van der Waals surface area contributed by atoms with E-state index in [0.717, 1.165) is 10.9 Å². The highest BCUT2D eigenvalue weighted by molar-refractivity contribution is 7.99. The van der Waals surface area contributed by atoms with Gasteiger partial charge in [0.1, 0.15) is 0 Å². The third-order valence-corrected chi connectivity index (χ3v) is 6.23. The fourth-order valence-corrected chi connectivity index (χ4v) is 4.95. The Bertz CT molecular complexity index is 765. The van der Waals surface area contributed by atoms with E-state index in [1.54, 1.807) is 25.6 Å². The Balaban J connectivity index is 1.85. The first-order chi connectivity index (χ1) is 12.9. The molecule has 1 aliphatic heterocycles. The quantitative estimate of drug-likeness (QED) is 0.573. The number of rotatable bonds is 6. The van der Waals surface area contributed by atoms with Crippen LogP contribution in [0.1, 0.15) is 57.0 Å². The minimum atomic E-state index is -0.389. The molecule has 0 bridgehead atoms. The van der Waals surface area contributed by atoms with Crippen molar-refractivity contribution in [3.05, 3.63) is 22.7 Å². The number of amides is 2. The third kappa shape index (κ3) is 4.15. The van der Waals surface area contributed by atoms with Gasteiger partial charge in [0, 0.05) is 23.2 Å². The summed E-state index contributed by atoms with van der Waals surface area (Å²) in [5.41, 5.74) is 3.32. The van der Waals surface area contributed by atoms with Crippen molar-refractivity contribution in [3.8, 4) is 0 Å². The Morgan fingerprint density at radius 2 is 2.04 bits per heavy atom. The molecule has 7 nitrogen and oxygen atoms in total. The van der Waals surface area contributed by atoms with E-state index in [1.807, 2.05) is 6.92 Å². The van der Waals surface area contributed by atoms with Crippen LogP contribution in [-0.2, 0) is 9.53 Å². The molecule has 27 heavy (non-hydrogen) atoms. The van der Waals surface area contributed by atoms with Crippen molar-refractivity contribution in [2.24, 2.45) is 0 Å². The number of thioether (sulfide) groups is 1. The van der Waals surface area contributed by atoms with Gasteiger partial charge in [-0.3, -0.25) is 0 Å². The number of aromatic nitrogens is 2. The number of imidazole rings is 1. The zero-order valence-corrected chi connectivity index (χ0v) is 17.2. The molecule has 1 aromatic rings. The molecule has 1 aromatic heterocycles. The zero-order chi connectivity index (χ0) is 19.6. The van der Waals surface area contributed by atoms with Crippen molar-refractivity contribution in [1.29, 1.82) is 0 Å². The van der Waals surface area contributed by atoms with E-state index < -0.39 is 0 Å². The number of hydrogen-bond donors (Lipinski definition) is 2. The van der Waals surface area contributed by atoms with E-state index in [9.17, 15) is 9.59 Å². The fraction of sp³-hybridized carbons (Fsp3) is 0.632. The maximum Gasteiger partial charge on any atom is 0.337 e. The molecule has 2 heterocycles. The van der Waals surface area contributed by atoms with Crippen LogP contribution < -0.4 is 10.6 Å². The summed E-state index contributed by atoms with van der Waals surface area (Å²) < 4.78 is 7.52. The number of nitrogens with zero attached hydrogens (tertiary/aromatic N) is 2. The van der Waals surface area contributed by atoms with Crippen LogP contribution in [0.15, 0.2) is 16.4 Å². The third-order valence-electron chi connectivity index (χ3n) is 5.26. The Hall–Kier alpha value is -1.96. The molecule has 0 aromatic carbocycles. The standard InChI is InChI=1S/C19H28N4O3S/c1-5-26-17(24)16-12(3)20-18(25)22-15(16)10-27-19-21-11(2)13(4)23(19)14-8-6-7-9-14/h12,14H,5-10H2,1-4H3,(H2,20,22,25)/t12-/m0/s1. The van der Waals surface area contributed by atoms with Gasteiger partial charge in [0.25, 0.3) is 0 Å². The number of hydrogen-bond acceptors (Lipinski definition) is 5. The lowest BCUT2D eigenvalue weighted by Crippen LogP contribution is -2.49. The Kier molecular flexibility index (Phi) is 6.14. The number of urea groups is 1. The van der Waals surface area contributed by atoms with Crippen molar-refractivity contribution in [2.75, 3.05) is 12.4 Å². The summed E-state index contributed by atoms with van der Waals surface area (Å²) in [5.74, 6) is 0.0775. The number of esters is 1.